The Morgan fingerprint density at radius 3 is 2.58 bits per heavy atom. The number of nitrogens with one attached hydrogen (secondary N) is 1. The van der Waals surface area contributed by atoms with Crippen molar-refractivity contribution in [1.82, 2.24) is 10.2 Å². The van der Waals surface area contributed by atoms with E-state index in [0.717, 1.165) is 31.2 Å². The Morgan fingerprint density at radius 2 is 1.90 bits per heavy atom. The van der Waals surface area contributed by atoms with Crippen molar-refractivity contribution < 1.29 is 24.2 Å². The lowest BCUT2D eigenvalue weighted by molar-refractivity contribution is -0.152. The number of aryl methyl sites for hydroxylation is 1. The summed E-state index contributed by atoms with van der Waals surface area (Å²) in [6.07, 6.45) is 5.62. The summed E-state index contributed by atoms with van der Waals surface area (Å²) >= 11 is 0. The van der Waals surface area contributed by atoms with Gasteiger partial charge in [-0.05, 0) is 57.4 Å². The number of carbonyl (C=O) groups is 3. The number of amides is 1. The van der Waals surface area contributed by atoms with E-state index in [4.69, 9.17) is 4.74 Å². The Hall–Kier alpha value is -2.41. The van der Waals surface area contributed by atoms with E-state index in [1.54, 1.807) is 18.7 Å². The van der Waals surface area contributed by atoms with Crippen molar-refractivity contribution in [2.45, 2.75) is 83.0 Å². The van der Waals surface area contributed by atoms with Gasteiger partial charge >= 0.3 is 11.9 Å². The van der Waals surface area contributed by atoms with Gasteiger partial charge in [0.25, 0.3) is 0 Å². The number of aliphatic carboxylic acids is 1. The molecule has 2 N–H and O–H groups in total. The molecule has 31 heavy (non-hydrogen) atoms. The number of benzene rings is 1. The van der Waals surface area contributed by atoms with E-state index in [1.165, 1.54) is 0 Å². The van der Waals surface area contributed by atoms with Crippen LogP contribution in [0, 0.1) is 5.92 Å². The van der Waals surface area contributed by atoms with E-state index in [-0.39, 0.29) is 30.4 Å². The van der Waals surface area contributed by atoms with Crippen LogP contribution in [-0.2, 0) is 25.5 Å². The number of likely N-dealkylation sites (tertiary alicyclic amines) is 1. The molecule has 1 aliphatic heterocycles. The molecule has 170 valence electrons. The second-order valence-electron chi connectivity index (χ2n) is 8.66. The van der Waals surface area contributed by atoms with Crippen molar-refractivity contribution in [3.63, 3.8) is 0 Å². The highest BCUT2D eigenvalue weighted by Gasteiger charge is 2.48. The molecule has 0 bridgehead atoms. The van der Waals surface area contributed by atoms with E-state index in [0.29, 0.717) is 19.3 Å². The second-order valence-corrected chi connectivity index (χ2v) is 8.66. The first-order chi connectivity index (χ1) is 14.9. The molecule has 3 rings (SSSR count). The predicted octanol–water partition coefficient (Wildman–Crippen LogP) is 2.77. The Balaban J connectivity index is 1.70. The van der Waals surface area contributed by atoms with Crippen LogP contribution < -0.4 is 5.32 Å². The van der Waals surface area contributed by atoms with Crippen molar-refractivity contribution in [1.29, 1.82) is 0 Å². The molecule has 0 spiro atoms. The maximum atomic E-state index is 13.4. The van der Waals surface area contributed by atoms with Gasteiger partial charge in [-0.1, -0.05) is 43.2 Å². The van der Waals surface area contributed by atoms with Gasteiger partial charge in [0, 0.05) is 6.04 Å². The smallest absolute Gasteiger partial charge is 0.326 e. The first-order valence-corrected chi connectivity index (χ1v) is 11.4. The Morgan fingerprint density at radius 1 is 1.19 bits per heavy atom. The molecule has 1 heterocycles. The van der Waals surface area contributed by atoms with E-state index in [2.05, 4.69) is 5.32 Å². The number of ether oxygens (including phenoxy) is 1. The standard InChI is InChI=1S/C24H34N2O5/c1-3-31-24(30)19(14-13-17-9-5-4-6-10-17)25-16(2)22(27)26-20-12-8-7-11-18(20)15-21(26)23(28)29/h4-6,9-10,16,18-21,25H,3,7-8,11-15H2,1-2H3,(H,28,29)/t16-,18?,19?,20?,21-/m0/s1. The zero-order valence-corrected chi connectivity index (χ0v) is 18.5. The van der Waals surface area contributed by atoms with E-state index in [9.17, 15) is 19.5 Å². The molecule has 2 aliphatic rings. The third kappa shape index (κ3) is 5.64. The van der Waals surface area contributed by atoms with Crippen LogP contribution >= 0.6 is 0 Å². The van der Waals surface area contributed by atoms with Gasteiger partial charge in [0.05, 0.1) is 12.6 Å². The lowest BCUT2D eigenvalue weighted by Crippen LogP contribution is -2.55. The van der Waals surface area contributed by atoms with Crippen LogP contribution in [0.4, 0.5) is 0 Å². The Bertz CT molecular complexity index is 768. The summed E-state index contributed by atoms with van der Waals surface area (Å²) in [4.78, 5) is 39.3. The number of esters is 1. The number of fused-ring (bicyclic) bond motifs is 1. The number of carboxylic acid groups (broad SMARTS) is 1. The summed E-state index contributed by atoms with van der Waals surface area (Å²) < 4.78 is 5.22. The largest absolute Gasteiger partial charge is 0.480 e. The fourth-order valence-electron chi connectivity index (χ4n) is 5.06. The number of hydrogen-bond acceptors (Lipinski definition) is 5. The minimum atomic E-state index is -0.944. The van der Waals surface area contributed by atoms with Crippen LogP contribution in [0.2, 0.25) is 0 Å². The third-order valence-corrected chi connectivity index (χ3v) is 6.58. The fraction of sp³-hybridized carbons (Fsp3) is 0.625. The maximum absolute atomic E-state index is 13.4. The second kappa shape index (κ2) is 10.8. The van der Waals surface area contributed by atoms with Crippen LogP contribution in [0.5, 0.6) is 0 Å². The SMILES string of the molecule is CCOC(=O)C(CCc1ccccc1)N[C@@H](C)C(=O)N1C2CCCCC2C[C@H]1C(=O)O. The molecule has 7 heteroatoms. The average molecular weight is 431 g/mol. The van der Waals surface area contributed by atoms with Crippen LogP contribution in [0.25, 0.3) is 0 Å². The van der Waals surface area contributed by atoms with Crippen molar-refractivity contribution in [3.05, 3.63) is 35.9 Å². The third-order valence-electron chi connectivity index (χ3n) is 6.58. The van der Waals surface area contributed by atoms with Gasteiger partial charge in [-0.15, -0.1) is 0 Å². The summed E-state index contributed by atoms with van der Waals surface area (Å²) in [5.74, 6) is -1.31. The number of carboxylic acids is 1. The molecule has 1 aromatic carbocycles. The molecule has 0 radical (unpaired) electrons. The minimum absolute atomic E-state index is 0.0167. The normalized spacial score (nSPS) is 24.8. The molecule has 1 aromatic rings. The van der Waals surface area contributed by atoms with E-state index >= 15 is 0 Å². The van der Waals surface area contributed by atoms with Gasteiger partial charge in [0.1, 0.15) is 12.1 Å². The first-order valence-electron chi connectivity index (χ1n) is 11.4. The predicted molar refractivity (Wildman–Crippen MR) is 116 cm³/mol. The zero-order valence-electron chi connectivity index (χ0n) is 18.5. The molecule has 5 atom stereocenters. The number of carbonyl (C=O) groups excluding carboxylic acids is 2. The van der Waals surface area contributed by atoms with Gasteiger partial charge in [0.2, 0.25) is 5.91 Å². The van der Waals surface area contributed by atoms with Crippen molar-refractivity contribution in [2.24, 2.45) is 5.92 Å². The lowest BCUT2D eigenvalue weighted by atomic mass is 9.84. The first kappa shape index (κ1) is 23.3. The fourth-order valence-corrected chi connectivity index (χ4v) is 5.06. The van der Waals surface area contributed by atoms with Crippen molar-refractivity contribution in [2.75, 3.05) is 6.61 Å². The maximum Gasteiger partial charge on any atom is 0.326 e. The van der Waals surface area contributed by atoms with Gasteiger partial charge < -0.3 is 14.7 Å². The van der Waals surface area contributed by atoms with E-state index in [1.807, 2.05) is 30.3 Å². The monoisotopic (exact) mass is 430 g/mol. The molecule has 2 fully saturated rings. The number of nitrogens with zero attached hydrogens (tertiary/aromatic N) is 1. The number of hydrogen-bond donors (Lipinski definition) is 2. The zero-order chi connectivity index (χ0) is 22.4. The van der Waals surface area contributed by atoms with Crippen molar-refractivity contribution in [3.8, 4) is 0 Å². The summed E-state index contributed by atoms with van der Waals surface area (Å²) in [5.41, 5.74) is 1.10. The molecule has 1 saturated heterocycles. The highest BCUT2D eigenvalue weighted by Crippen LogP contribution is 2.40. The van der Waals surface area contributed by atoms with Gasteiger partial charge in [-0.2, -0.15) is 0 Å². The van der Waals surface area contributed by atoms with Crippen LogP contribution in [0.15, 0.2) is 30.3 Å². The highest BCUT2D eigenvalue weighted by molar-refractivity contribution is 5.88. The Kier molecular flexibility index (Phi) is 8.07. The topological polar surface area (TPSA) is 95.9 Å². The molecular formula is C24H34N2O5. The van der Waals surface area contributed by atoms with E-state index < -0.39 is 24.1 Å². The summed E-state index contributed by atoms with van der Waals surface area (Å²) in [6.45, 7) is 3.74. The quantitative estimate of drug-likeness (QED) is 0.585. The summed E-state index contributed by atoms with van der Waals surface area (Å²) in [6, 6.07) is 7.75. The highest BCUT2D eigenvalue weighted by atomic mass is 16.5. The number of rotatable bonds is 9. The van der Waals surface area contributed by atoms with Gasteiger partial charge in [-0.25, -0.2) is 4.79 Å². The van der Waals surface area contributed by atoms with Crippen LogP contribution in [-0.4, -0.2) is 58.6 Å². The molecule has 3 unspecified atom stereocenters. The van der Waals surface area contributed by atoms with Crippen molar-refractivity contribution >= 4 is 17.8 Å². The molecule has 1 aliphatic carbocycles. The lowest BCUT2D eigenvalue weighted by Gasteiger charge is -2.35. The average Bonchev–Trinajstić information content (AvgIpc) is 3.16. The minimum Gasteiger partial charge on any atom is -0.480 e. The molecule has 1 saturated carbocycles. The molecular weight excluding hydrogens is 396 g/mol. The molecule has 0 aromatic heterocycles. The molecule has 1 amide bonds. The van der Waals surface area contributed by atoms with Gasteiger partial charge in [0.15, 0.2) is 0 Å². The molecule has 7 nitrogen and oxygen atoms in total. The summed E-state index contributed by atoms with van der Waals surface area (Å²) in [5, 5.41) is 12.9. The van der Waals surface area contributed by atoms with Gasteiger partial charge in [-0.3, -0.25) is 14.9 Å². The van der Waals surface area contributed by atoms with Crippen LogP contribution in [0.1, 0.15) is 57.9 Å². The Labute approximate surface area is 184 Å². The summed E-state index contributed by atoms with van der Waals surface area (Å²) in [7, 11) is 0. The van der Waals surface area contributed by atoms with Crippen LogP contribution in [0.3, 0.4) is 0 Å².